The molecule has 1 heterocycles. The summed E-state index contributed by atoms with van der Waals surface area (Å²) in [5, 5.41) is 11.7. The SMILES string of the molecule is Cc1cc(NC(=O)Cc2ccc(C(C)S(=O)[O-])cc2)cc(C)c1C1(c2nnc(-c3ccc(Cl)cc3)o2)CC1. The van der Waals surface area contributed by atoms with Crippen molar-refractivity contribution < 1.29 is 18.0 Å². The molecule has 1 N–H and O–H groups in total. The second-order valence-corrected chi connectivity index (χ2v) is 11.5. The van der Waals surface area contributed by atoms with Crippen molar-refractivity contribution in [1.82, 2.24) is 10.2 Å². The van der Waals surface area contributed by atoms with E-state index < -0.39 is 16.3 Å². The molecule has 1 aliphatic rings. The number of aryl methyl sites for hydroxylation is 2. The van der Waals surface area contributed by atoms with Gasteiger partial charge < -0.3 is 14.3 Å². The van der Waals surface area contributed by atoms with Crippen molar-refractivity contribution in [2.45, 2.75) is 50.7 Å². The van der Waals surface area contributed by atoms with E-state index in [1.54, 1.807) is 43.3 Å². The molecule has 4 aromatic rings. The second kappa shape index (κ2) is 10.4. The van der Waals surface area contributed by atoms with Crippen LogP contribution in [0.4, 0.5) is 5.69 Å². The number of carbonyl (C=O) groups is 1. The maximum atomic E-state index is 12.8. The quantitative estimate of drug-likeness (QED) is 0.262. The van der Waals surface area contributed by atoms with Gasteiger partial charge in [-0.3, -0.25) is 9.00 Å². The van der Waals surface area contributed by atoms with Gasteiger partial charge in [-0.1, -0.05) is 35.9 Å². The molecule has 0 spiro atoms. The zero-order chi connectivity index (χ0) is 27.0. The highest BCUT2D eigenvalue weighted by molar-refractivity contribution is 7.79. The molecule has 5 rings (SSSR count). The summed E-state index contributed by atoms with van der Waals surface area (Å²) in [5.74, 6) is 0.922. The highest BCUT2D eigenvalue weighted by Crippen LogP contribution is 2.55. The van der Waals surface area contributed by atoms with E-state index in [4.69, 9.17) is 16.0 Å². The molecule has 1 saturated carbocycles. The van der Waals surface area contributed by atoms with E-state index in [0.717, 1.165) is 46.3 Å². The first-order valence-corrected chi connectivity index (χ1v) is 13.9. The van der Waals surface area contributed by atoms with Crippen LogP contribution in [0.1, 0.15) is 58.7 Å². The maximum absolute atomic E-state index is 12.8. The van der Waals surface area contributed by atoms with Crippen LogP contribution in [0.2, 0.25) is 5.02 Å². The molecular weight excluding hydrogens is 522 g/mol. The summed E-state index contributed by atoms with van der Waals surface area (Å²) in [6.07, 6.45) is 2.02. The Bertz CT molecular complexity index is 1490. The Balaban J connectivity index is 1.31. The van der Waals surface area contributed by atoms with Crippen molar-refractivity contribution in [2.75, 3.05) is 5.32 Å². The van der Waals surface area contributed by atoms with Crippen molar-refractivity contribution in [3.8, 4) is 11.5 Å². The molecule has 38 heavy (non-hydrogen) atoms. The normalized spacial score (nSPS) is 15.6. The summed E-state index contributed by atoms with van der Waals surface area (Å²) in [6, 6.07) is 18.3. The monoisotopic (exact) mass is 548 g/mol. The fraction of sp³-hybridized carbons (Fsp3) is 0.276. The van der Waals surface area contributed by atoms with Gasteiger partial charge in [-0.25, -0.2) is 0 Å². The molecule has 9 heteroatoms. The molecule has 0 bridgehead atoms. The number of hydrogen-bond donors (Lipinski definition) is 1. The second-order valence-electron chi connectivity index (χ2n) is 9.86. The predicted molar refractivity (Wildman–Crippen MR) is 147 cm³/mol. The maximum Gasteiger partial charge on any atom is 0.247 e. The van der Waals surface area contributed by atoms with Crippen LogP contribution in [0.3, 0.4) is 0 Å². The molecule has 1 aliphatic carbocycles. The Hall–Kier alpha value is -3.33. The first-order chi connectivity index (χ1) is 18.2. The fourth-order valence-corrected chi connectivity index (χ4v) is 5.53. The Morgan fingerprint density at radius 2 is 1.71 bits per heavy atom. The number of nitrogens with zero attached hydrogens (tertiary/aromatic N) is 2. The minimum atomic E-state index is -2.18. The van der Waals surface area contributed by atoms with Crippen LogP contribution in [0.25, 0.3) is 11.5 Å². The zero-order valence-electron chi connectivity index (χ0n) is 21.3. The van der Waals surface area contributed by atoms with Crippen LogP contribution in [0.5, 0.6) is 0 Å². The van der Waals surface area contributed by atoms with E-state index >= 15 is 0 Å². The number of carbonyl (C=O) groups excluding carboxylic acids is 1. The van der Waals surface area contributed by atoms with Crippen LogP contribution in [-0.2, 0) is 27.7 Å². The van der Waals surface area contributed by atoms with Crippen molar-refractivity contribution in [3.05, 3.63) is 99.4 Å². The highest BCUT2D eigenvalue weighted by atomic mass is 35.5. The number of nitrogens with one attached hydrogen (secondary N) is 1. The van der Waals surface area contributed by atoms with Gasteiger partial charge in [0.15, 0.2) is 0 Å². The van der Waals surface area contributed by atoms with E-state index in [-0.39, 0.29) is 17.7 Å². The summed E-state index contributed by atoms with van der Waals surface area (Å²) >= 11 is 3.82. The number of aromatic nitrogens is 2. The lowest BCUT2D eigenvalue weighted by Crippen LogP contribution is -2.17. The molecule has 1 fully saturated rings. The van der Waals surface area contributed by atoms with Gasteiger partial charge in [-0.05, 0) is 109 Å². The van der Waals surface area contributed by atoms with Gasteiger partial charge in [-0.15, -0.1) is 10.2 Å². The third-order valence-corrected chi connectivity index (χ3v) is 8.17. The minimum Gasteiger partial charge on any atom is -0.772 e. The smallest absolute Gasteiger partial charge is 0.247 e. The summed E-state index contributed by atoms with van der Waals surface area (Å²) in [5.41, 5.74) is 5.98. The number of hydrogen-bond acceptors (Lipinski definition) is 6. The molecule has 1 aromatic heterocycles. The standard InChI is InChI=1S/C29H28ClN3O4S/c1-17-14-24(31-25(34)16-20-4-6-21(7-5-20)19(3)38(35)36)15-18(2)26(17)29(12-13-29)28-33-32-27(37-28)22-8-10-23(30)11-9-22/h4-11,14-15,19H,12-13,16H2,1-3H3,(H,31,34)(H,35,36)/p-1. The molecule has 2 unspecified atom stereocenters. The third-order valence-electron chi connectivity index (χ3n) is 7.07. The van der Waals surface area contributed by atoms with Crippen LogP contribution < -0.4 is 5.32 Å². The Morgan fingerprint density at radius 1 is 1.08 bits per heavy atom. The van der Waals surface area contributed by atoms with Crippen LogP contribution in [0.15, 0.2) is 65.1 Å². The van der Waals surface area contributed by atoms with Gasteiger partial charge in [0.25, 0.3) is 0 Å². The first-order valence-electron chi connectivity index (χ1n) is 12.3. The number of rotatable bonds is 8. The van der Waals surface area contributed by atoms with E-state index in [1.807, 2.05) is 38.1 Å². The summed E-state index contributed by atoms with van der Waals surface area (Å²) < 4.78 is 28.5. The fourth-order valence-electron chi connectivity index (χ4n) is 5.02. The number of anilines is 1. The van der Waals surface area contributed by atoms with Gasteiger partial charge in [0, 0.05) is 21.5 Å². The molecule has 0 radical (unpaired) electrons. The Morgan fingerprint density at radius 3 is 2.29 bits per heavy atom. The minimum absolute atomic E-state index is 0.143. The average Bonchev–Trinajstić information content (AvgIpc) is 3.50. The lowest BCUT2D eigenvalue weighted by atomic mass is 9.87. The number of halogens is 1. The highest BCUT2D eigenvalue weighted by Gasteiger charge is 2.52. The van der Waals surface area contributed by atoms with Gasteiger partial charge in [0.1, 0.15) is 0 Å². The van der Waals surface area contributed by atoms with Crippen molar-refractivity contribution in [1.29, 1.82) is 0 Å². The van der Waals surface area contributed by atoms with E-state index in [0.29, 0.717) is 22.4 Å². The lowest BCUT2D eigenvalue weighted by molar-refractivity contribution is -0.115. The molecule has 3 aromatic carbocycles. The van der Waals surface area contributed by atoms with Gasteiger partial charge >= 0.3 is 0 Å². The van der Waals surface area contributed by atoms with E-state index in [2.05, 4.69) is 15.5 Å². The van der Waals surface area contributed by atoms with Gasteiger partial charge in [0.05, 0.1) is 11.8 Å². The van der Waals surface area contributed by atoms with Crippen molar-refractivity contribution >= 4 is 34.3 Å². The molecular formula is C29H27ClN3O4S-. The zero-order valence-corrected chi connectivity index (χ0v) is 22.9. The molecule has 196 valence electrons. The van der Waals surface area contributed by atoms with Crippen molar-refractivity contribution in [3.63, 3.8) is 0 Å². The van der Waals surface area contributed by atoms with E-state index in [9.17, 15) is 13.6 Å². The Kier molecular flexibility index (Phi) is 7.22. The van der Waals surface area contributed by atoms with E-state index in [1.165, 1.54) is 0 Å². The molecule has 0 saturated heterocycles. The largest absolute Gasteiger partial charge is 0.772 e. The Labute approximate surface area is 228 Å². The topological polar surface area (TPSA) is 108 Å². The first kappa shape index (κ1) is 26.3. The molecule has 1 amide bonds. The van der Waals surface area contributed by atoms with Gasteiger partial charge in [-0.2, -0.15) is 0 Å². The molecule has 0 aliphatic heterocycles. The third kappa shape index (κ3) is 5.29. The number of benzene rings is 3. The number of amides is 1. The van der Waals surface area contributed by atoms with Crippen LogP contribution >= 0.6 is 11.6 Å². The average molecular weight is 549 g/mol. The van der Waals surface area contributed by atoms with Crippen LogP contribution in [0, 0.1) is 13.8 Å². The van der Waals surface area contributed by atoms with Crippen LogP contribution in [-0.4, -0.2) is 24.9 Å². The van der Waals surface area contributed by atoms with Gasteiger partial charge in [0.2, 0.25) is 17.7 Å². The summed E-state index contributed by atoms with van der Waals surface area (Å²) in [7, 11) is 0. The molecule has 2 atom stereocenters. The van der Waals surface area contributed by atoms with Crippen molar-refractivity contribution in [2.24, 2.45) is 0 Å². The molecule has 7 nitrogen and oxygen atoms in total. The lowest BCUT2D eigenvalue weighted by Gasteiger charge is -2.19. The summed E-state index contributed by atoms with van der Waals surface area (Å²) in [6.45, 7) is 5.70. The summed E-state index contributed by atoms with van der Waals surface area (Å²) in [4.78, 5) is 12.8. The predicted octanol–water partition coefficient (Wildman–Crippen LogP) is 6.21.